The first kappa shape index (κ1) is 20.0. The summed E-state index contributed by atoms with van der Waals surface area (Å²) in [7, 11) is 1.23. The van der Waals surface area contributed by atoms with Gasteiger partial charge in [-0.1, -0.05) is 29.3 Å². The molecule has 146 valence electrons. The van der Waals surface area contributed by atoms with Crippen LogP contribution in [0.1, 0.15) is 34.5 Å². The average molecular weight is 422 g/mol. The lowest BCUT2D eigenvalue weighted by molar-refractivity contribution is -0.148. The first-order valence-electron chi connectivity index (χ1n) is 8.23. The third kappa shape index (κ3) is 3.53. The Bertz CT molecular complexity index is 1100. The number of aromatic nitrogens is 4. The highest BCUT2D eigenvalue weighted by Gasteiger charge is 2.39. The second-order valence-electron chi connectivity index (χ2n) is 6.39. The zero-order valence-corrected chi connectivity index (χ0v) is 17.1. The van der Waals surface area contributed by atoms with Crippen molar-refractivity contribution in [2.24, 2.45) is 0 Å². The number of esters is 1. The number of fused-ring (bicyclic) bond motifs is 1. The maximum atomic E-state index is 12.8. The quantitative estimate of drug-likeness (QED) is 0.650. The summed E-state index contributed by atoms with van der Waals surface area (Å²) < 4.78 is 6.34. The minimum atomic E-state index is -1.53. The molecule has 8 nitrogen and oxygen atoms in total. The molecule has 0 saturated heterocycles. The third-order valence-electron chi connectivity index (χ3n) is 4.28. The van der Waals surface area contributed by atoms with Gasteiger partial charge in [0.2, 0.25) is 5.82 Å². The van der Waals surface area contributed by atoms with Crippen LogP contribution in [0.5, 0.6) is 0 Å². The van der Waals surface area contributed by atoms with Crippen molar-refractivity contribution >= 4 is 40.9 Å². The van der Waals surface area contributed by atoms with Gasteiger partial charge in [-0.25, -0.2) is 14.3 Å². The van der Waals surface area contributed by atoms with Gasteiger partial charge in [-0.2, -0.15) is 4.98 Å². The fraction of sp³-hybridized carbons (Fsp3) is 0.278. The van der Waals surface area contributed by atoms with Gasteiger partial charge in [-0.15, -0.1) is 5.10 Å². The molecule has 3 aromatic rings. The summed E-state index contributed by atoms with van der Waals surface area (Å²) in [5, 5.41) is 7.38. The molecule has 0 saturated carbocycles. The Hall–Kier alpha value is -2.71. The van der Waals surface area contributed by atoms with Gasteiger partial charge in [0.25, 0.3) is 11.7 Å². The van der Waals surface area contributed by atoms with E-state index in [9.17, 15) is 9.59 Å². The fourth-order valence-electron chi connectivity index (χ4n) is 2.80. The molecule has 0 bridgehead atoms. The van der Waals surface area contributed by atoms with E-state index in [0.717, 1.165) is 11.4 Å². The number of benzene rings is 1. The van der Waals surface area contributed by atoms with Crippen LogP contribution in [0.25, 0.3) is 5.78 Å². The monoisotopic (exact) mass is 421 g/mol. The second kappa shape index (κ2) is 7.37. The maximum absolute atomic E-state index is 12.8. The van der Waals surface area contributed by atoms with Crippen LogP contribution in [-0.2, 0) is 15.1 Å². The number of carbonyl (C=O) groups excluding carboxylic acids is 2. The number of nitrogens with zero attached hydrogens (tertiary/aromatic N) is 4. The van der Waals surface area contributed by atoms with Gasteiger partial charge in [-0.3, -0.25) is 4.79 Å². The number of hydrogen-bond donors (Lipinski definition) is 1. The molecule has 0 aliphatic rings. The minimum absolute atomic E-state index is 0.128. The number of nitrogens with one attached hydrogen (secondary N) is 1. The molecule has 1 N–H and O–H groups in total. The molecule has 3 rings (SSSR count). The largest absolute Gasteiger partial charge is 0.467 e. The van der Waals surface area contributed by atoms with Crippen molar-refractivity contribution < 1.29 is 14.3 Å². The maximum Gasteiger partial charge on any atom is 0.336 e. The molecule has 1 atom stereocenters. The Balaban J connectivity index is 2.01. The predicted octanol–water partition coefficient (Wildman–Crippen LogP) is 2.87. The highest BCUT2D eigenvalue weighted by molar-refractivity contribution is 6.42. The van der Waals surface area contributed by atoms with E-state index in [4.69, 9.17) is 27.9 Å². The molecule has 1 aromatic carbocycles. The van der Waals surface area contributed by atoms with Crippen molar-refractivity contribution in [3.63, 3.8) is 0 Å². The van der Waals surface area contributed by atoms with E-state index in [0.29, 0.717) is 10.6 Å². The molecule has 2 heterocycles. The highest BCUT2D eigenvalue weighted by Crippen LogP contribution is 2.30. The number of carbonyl (C=O) groups is 2. The number of hydrogen-bond acceptors (Lipinski definition) is 6. The minimum Gasteiger partial charge on any atom is -0.467 e. The molecule has 0 spiro atoms. The standard InChI is InChI=1S/C18H17Cl2N5O3/c1-9-7-10(2)25-17(21-9)22-14(24-25)15(26)23-18(3,16(27)28-4)11-5-6-12(19)13(20)8-11/h5-8H,1-4H3,(H,23,26)/t18-/m0/s1. The van der Waals surface area contributed by atoms with Crippen molar-refractivity contribution in [1.82, 2.24) is 24.9 Å². The lowest BCUT2D eigenvalue weighted by atomic mass is 9.92. The van der Waals surface area contributed by atoms with E-state index in [1.54, 1.807) is 6.07 Å². The van der Waals surface area contributed by atoms with Crippen molar-refractivity contribution in [1.29, 1.82) is 0 Å². The van der Waals surface area contributed by atoms with Gasteiger partial charge < -0.3 is 10.1 Å². The molecule has 0 aliphatic carbocycles. The Morgan fingerprint density at radius 1 is 1.14 bits per heavy atom. The molecular weight excluding hydrogens is 405 g/mol. The van der Waals surface area contributed by atoms with Crippen LogP contribution in [0.4, 0.5) is 0 Å². The van der Waals surface area contributed by atoms with E-state index in [1.807, 2.05) is 19.9 Å². The van der Waals surface area contributed by atoms with Crippen molar-refractivity contribution in [2.45, 2.75) is 26.3 Å². The SMILES string of the molecule is COC(=O)[C@@](C)(NC(=O)c1nc2nc(C)cc(C)n2n1)c1ccc(Cl)c(Cl)c1. The van der Waals surface area contributed by atoms with E-state index < -0.39 is 17.4 Å². The zero-order valence-electron chi connectivity index (χ0n) is 15.6. The third-order valence-corrected chi connectivity index (χ3v) is 5.01. The Morgan fingerprint density at radius 3 is 2.50 bits per heavy atom. The number of methoxy groups -OCH3 is 1. The number of halogens is 2. The van der Waals surface area contributed by atoms with Gasteiger partial charge in [0, 0.05) is 11.4 Å². The fourth-order valence-corrected chi connectivity index (χ4v) is 3.10. The smallest absolute Gasteiger partial charge is 0.336 e. The molecule has 10 heteroatoms. The normalized spacial score (nSPS) is 13.2. The summed E-state index contributed by atoms with van der Waals surface area (Å²) in [4.78, 5) is 33.7. The van der Waals surface area contributed by atoms with Crippen LogP contribution in [0.15, 0.2) is 24.3 Å². The van der Waals surface area contributed by atoms with Crippen LogP contribution in [-0.4, -0.2) is 38.6 Å². The lowest BCUT2D eigenvalue weighted by Gasteiger charge is -2.28. The first-order valence-corrected chi connectivity index (χ1v) is 8.99. The summed E-state index contributed by atoms with van der Waals surface area (Å²) in [5.74, 6) is -1.19. The van der Waals surface area contributed by atoms with E-state index >= 15 is 0 Å². The first-order chi connectivity index (χ1) is 13.2. The van der Waals surface area contributed by atoms with Crippen LogP contribution in [0.3, 0.4) is 0 Å². The molecular formula is C18H17Cl2N5O3. The highest BCUT2D eigenvalue weighted by atomic mass is 35.5. The van der Waals surface area contributed by atoms with Crippen LogP contribution < -0.4 is 5.32 Å². The summed E-state index contributed by atoms with van der Waals surface area (Å²) in [6, 6.07) is 6.42. The molecule has 0 aliphatic heterocycles. The second-order valence-corrected chi connectivity index (χ2v) is 7.20. The van der Waals surface area contributed by atoms with Crippen LogP contribution >= 0.6 is 23.2 Å². The topological polar surface area (TPSA) is 98.5 Å². The van der Waals surface area contributed by atoms with E-state index in [2.05, 4.69) is 20.4 Å². The van der Waals surface area contributed by atoms with Crippen LogP contribution in [0, 0.1) is 13.8 Å². The van der Waals surface area contributed by atoms with Crippen molar-refractivity contribution in [2.75, 3.05) is 7.11 Å². The summed E-state index contributed by atoms with van der Waals surface area (Å²) in [6.45, 7) is 5.14. The molecule has 0 unspecified atom stereocenters. The van der Waals surface area contributed by atoms with Gasteiger partial charge in [0.1, 0.15) is 0 Å². The van der Waals surface area contributed by atoms with Crippen molar-refractivity contribution in [3.8, 4) is 0 Å². The molecule has 0 fully saturated rings. The average Bonchev–Trinajstić information content (AvgIpc) is 3.07. The van der Waals surface area contributed by atoms with Gasteiger partial charge in [0.15, 0.2) is 5.54 Å². The predicted molar refractivity (Wildman–Crippen MR) is 104 cm³/mol. The lowest BCUT2D eigenvalue weighted by Crippen LogP contribution is -2.50. The number of aryl methyl sites for hydroxylation is 2. The van der Waals surface area contributed by atoms with E-state index in [1.165, 1.54) is 30.7 Å². The van der Waals surface area contributed by atoms with Crippen molar-refractivity contribution in [3.05, 3.63) is 57.1 Å². The Kier molecular flexibility index (Phi) is 5.27. The summed E-state index contributed by atoms with van der Waals surface area (Å²) in [6.07, 6.45) is 0. The number of rotatable bonds is 4. The summed E-state index contributed by atoms with van der Waals surface area (Å²) in [5.41, 5.74) is 0.389. The Morgan fingerprint density at radius 2 is 1.86 bits per heavy atom. The molecule has 1 amide bonds. The van der Waals surface area contributed by atoms with Crippen LogP contribution in [0.2, 0.25) is 10.0 Å². The Labute approximate surface area is 170 Å². The van der Waals surface area contributed by atoms with Gasteiger partial charge in [-0.05, 0) is 44.5 Å². The number of ether oxygens (including phenoxy) is 1. The summed E-state index contributed by atoms with van der Waals surface area (Å²) >= 11 is 12.0. The van der Waals surface area contributed by atoms with E-state index in [-0.39, 0.29) is 16.6 Å². The van der Waals surface area contributed by atoms with Gasteiger partial charge >= 0.3 is 5.97 Å². The molecule has 2 aromatic heterocycles. The molecule has 0 radical (unpaired) electrons. The zero-order chi connectivity index (χ0) is 20.6. The van der Waals surface area contributed by atoms with Gasteiger partial charge in [0.05, 0.1) is 17.2 Å². The molecule has 28 heavy (non-hydrogen) atoms. The number of amides is 1.